The molecule has 1 heterocycles. The number of aromatic nitrogens is 2. The highest BCUT2D eigenvalue weighted by Crippen LogP contribution is 2.24. The first-order valence-electron chi connectivity index (χ1n) is 10.9. The van der Waals surface area contributed by atoms with Crippen molar-refractivity contribution >= 4 is 49.0 Å². The van der Waals surface area contributed by atoms with E-state index in [9.17, 15) is 4.79 Å². The summed E-state index contributed by atoms with van der Waals surface area (Å²) in [5, 5.41) is 5.05. The van der Waals surface area contributed by atoms with Crippen molar-refractivity contribution in [3.05, 3.63) is 127 Å². The zero-order valence-corrected chi connectivity index (χ0v) is 21.6. The van der Waals surface area contributed by atoms with Gasteiger partial charge in [0.15, 0.2) is 5.82 Å². The van der Waals surface area contributed by atoms with Crippen LogP contribution < -0.4 is 10.3 Å². The minimum Gasteiger partial charge on any atom is -0.489 e. The second kappa shape index (κ2) is 10.4. The number of nitrogens with zero attached hydrogens (tertiary/aromatic N) is 3. The van der Waals surface area contributed by atoms with Gasteiger partial charge in [0.1, 0.15) is 12.4 Å². The maximum atomic E-state index is 13.3. The fourth-order valence-electron chi connectivity index (χ4n) is 3.61. The van der Waals surface area contributed by atoms with Gasteiger partial charge >= 0.3 is 0 Å². The largest absolute Gasteiger partial charge is 0.489 e. The van der Waals surface area contributed by atoms with Crippen molar-refractivity contribution in [2.75, 3.05) is 0 Å². The molecule has 4 aromatic carbocycles. The van der Waals surface area contributed by atoms with Crippen LogP contribution in [-0.4, -0.2) is 15.9 Å². The van der Waals surface area contributed by atoms with E-state index in [0.29, 0.717) is 29.1 Å². The van der Waals surface area contributed by atoms with E-state index in [0.717, 1.165) is 25.6 Å². The van der Waals surface area contributed by atoms with Crippen LogP contribution in [0.3, 0.4) is 0 Å². The third-order valence-corrected chi connectivity index (χ3v) is 6.61. The fraction of sp³-hybridized carbons (Fsp3) is 0.0357. The van der Waals surface area contributed by atoms with Crippen LogP contribution in [0.2, 0.25) is 0 Å². The van der Waals surface area contributed by atoms with Crippen molar-refractivity contribution < 1.29 is 4.74 Å². The van der Waals surface area contributed by atoms with Crippen molar-refractivity contribution in [2.45, 2.75) is 6.61 Å². The van der Waals surface area contributed by atoms with E-state index in [2.05, 4.69) is 37.0 Å². The van der Waals surface area contributed by atoms with Crippen molar-refractivity contribution in [1.29, 1.82) is 0 Å². The molecular weight excluding hydrogens is 570 g/mol. The van der Waals surface area contributed by atoms with Crippen LogP contribution in [0.25, 0.3) is 22.3 Å². The second-order valence-electron chi connectivity index (χ2n) is 7.78. The molecule has 7 heteroatoms. The Bertz CT molecular complexity index is 1600. The van der Waals surface area contributed by atoms with Crippen molar-refractivity contribution in [3.8, 4) is 17.1 Å². The number of halogens is 2. The lowest BCUT2D eigenvalue weighted by Crippen LogP contribution is -2.20. The standard InChI is InChI=1S/C28H19Br2N3O2/c29-22-14-13-21(25(30)16-22)18-35-23-10-6-7-19(15-23)17-31-33-27(20-8-2-1-3-9-20)32-26-12-5-4-11-24(26)28(33)34/h1-17H,18H2. The quantitative estimate of drug-likeness (QED) is 0.200. The van der Waals surface area contributed by atoms with Gasteiger partial charge in [0.2, 0.25) is 0 Å². The molecule has 0 spiro atoms. The number of hydrogen-bond acceptors (Lipinski definition) is 4. The molecule has 0 bridgehead atoms. The average Bonchev–Trinajstić information content (AvgIpc) is 2.88. The van der Waals surface area contributed by atoms with Gasteiger partial charge in [-0.25, -0.2) is 4.98 Å². The third kappa shape index (κ3) is 5.26. The van der Waals surface area contributed by atoms with Crippen LogP contribution in [0, 0.1) is 0 Å². The molecule has 0 saturated heterocycles. The lowest BCUT2D eigenvalue weighted by Gasteiger charge is -2.10. The highest BCUT2D eigenvalue weighted by molar-refractivity contribution is 9.11. The van der Waals surface area contributed by atoms with E-state index in [-0.39, 0.29) is 5.56 Å². The Kier molecular flexibility index (Phi) is 6.88. The minimum atomic E-state index is -0.224. The summed E-state index contributed by atoms with van der Waals surface area (Å²) in [4.78, 5) is 18.0. The minimum absolute atomic E-state index is 0.224. The van der Waals surface area contributed by atoms with Gasteiger partial charge in [0, 0.05) is 20.1 Å². The lowest BCUT2D eigenvalue weighted by atomic mass is 10.2. The summed E-state index contributed by atoms with van der Waals surface area (Å²) in [6.45, 7) is 0.417. The van der Waals surface area contributed by atoms with Gasteiger partial charge in [0.25, 0.3) is 5.56 Å². The van der Waals surface area contributed by atoms with Gasteiger partial charge in [-0.05, 0) is 42.0 Å². The van der Waals surface area contributed by atoms with Crippen LogP contribution in [0.1, 0.15) is 11.1 Å². The van der Waals surface area contributed by atoms with Gasteiger partial charge < -0.3 is 4.74 Å². The first-order valence-corrected chi connectivity index (χ1v) is 12.5. The molecule has 0 fully saturated rings. The summed E-state index contributed by atoms with van der Waals surface area (Å²) in [6.07, 6.45) is 1.65. The van der Waals surface area contributed by atoms with Crippen molar-refractivity contribution in [2.24, 2.45) is 5.10 Å². The Hall–Kier alpha value is -3.55. The summed E-state index contributed by atoms with van der Waals surface area (Å²) >= 11 is 7.03. The highest BCUT2D eigenvalue weighted by atomic mass is 79.9. The SMILES string of the molecule is O=c1c2ccccc2nc(-c2ccccc2)n1N=Cc1cccc(OCc2ccc(Br)cc2Br)c1. The average molecular weight is 589 g/mol. The highest BCUT2D eigenvalue weighted by Gasteiger charge is 2.12. The van der Waals surface area contributed by atoms with Gasteiger partial charge in [-0.15, -0.1) is 0 Å². The van der Waals surface area contributed by atoms with Crippen LogP contribution in [0.5, 0.6) is 5.75 Å². The van der Waals surface area contributed by atoms with Crippen LogP contribution in [-0.2, 0) is 6.61 Å². The predicted octanol–water partition coefficient (Wildman–Crippen LogP) is 7.05. The van der Waals surface area contributed by atoms with E-state index in [1.54, 1.807) is 12.3 Å². The van der Waals surface area contributed by atoms with E-state index in [1.165, 1.54) is 4.68 Å². The zero-order chi connectivity index (χ0) is 24.2. The molecule has 0 aliphatic rings. The third-order valence-electron chi connectivity index (χ3n) is 5.38. The zero-order valence-electron chi connectivity index (χ0n) is 18.4. The second-order valence-corrected chi connectivity index (χ2v) is 9.55. The predicted molar refractivity (Wildman–Crippen MR) is 147 cm³/mol. The van der Waals surface area contributed by atoms with Gasteiger partial charge in [0.05, 0.1) is 17.1 Å². The molecule has 5 aromatic rings. The van der Waals surface area contributed by atoms with Gasteiger partial charge in [-0.3, -0.25) is 4.79 Å². The normalized spacial score (nSPS) is 11.3. The monoisotopic (exact) mass is 587 g/mol. The number of para-hydroxylation sites is 1. The Morgan fingerprint density at radius 2 is 1.69 bits per heavy atom. The molecule has 0 amide bonds. The van der Waals surface area contributed by atoms with E-state index in [1.807, 2.05) is 91.0 Å². The Morgan fingerprint density at radius 3 is 2.51 bits per heavy atom. The van der Waals surface area contributed by atoms with E-state index in [4.69, 9.17) is 9.72 Å². The van der Waals surface area contributed by atoms with E-state index < -0.39 is 0 Å². The Labute approximate surface area is 219 Å². The molecule has 0 radical (unpaired) electrons. The molecule has 5 nitrogen and oxygen atoms in total. The first kappa shape index (κ1) is 23.2. The van der Waals surface area contributed by atoms with Crippen LogP contribution in [0.15, 0.2) is 116 Å². The molecule has 0 atom stereocenters. The molecule has 0 unspecified atom stereocenters. The summed E-state index contributed by atoms with van der Waals surface area (Å²) in [5.74, 6) is 1.19. The maximum absolute atomic E-state index is 13.3. The summed E-state index contributed by atoms with van der Waals surface area (Å²) in [6, 6.07) is 30.4. The topological polar surface area (TPSA) is 56.5 Å². The summed E-state index contributed by atoms with van der Waals surface area (Å²) in [7, 11) is 0. The molecule has 0 aliphatic heterocycles. The van der Waals surface area contributed by atoms with Crippen LogP contribution in [0.4, 0.5) is 0 Å². The summed E-state index contributed by atoms with van der Waals surface area (Å²) in [5.41, 5.74) is 3.06. The smallest absolute Gasteiger partial charge is 0.282 e. The number of benzene rings is 4. The molecule has 35 heavy (non-hydrogen) atoms. The molecular formula is C28H19Br2N3O2. The Morgan fingerprint density at radius 1 is 0.886 bits per heavy atom. The molecule has 172 valence electrons. The lowest BCUT2D eigenvalue weighted by molar-refractivity contribution is 0.305. The molecule has 0 aliphatic carbocycles. The van der Waals surface area contributed by atoms with Gasteiger partial charge in [-0.1, -0.05) is 92.5 Å². The number of rotatable bonds is 6. The van der Waals surface area contributed by atoms with Gasteiger partial charge in [-0.2, -0.15) is 9.78 Å². The molecule has 0 saturated carbocycles. The molecule has 1 aromatic heterocycles. The molecule has 5 rings (SSSR count). The fourth-order valence-corrected chi connectivity index (χ4v) is 4.78. The maximum Gasteiger partial charge on any atom is 0.282 e. The number of hydrogen-bond donors (Lipinski definition) is 0. The van der Waals surface area contributed by atoms with E-state index >= 15 is 0 Å². The number of fused-ring (bicyclic) bond motifs is 1. The van der Waals surface area contributed by atoms with Crippen molar-refractivity contribution in [1.82, 2.24) is 9.66 Å². The summed E-state index contributed by atoms with van der Waals surface area (Å²) < 4.78 is 9.32. The Balaban J connectivity index is 1.47. The number of ether oxygens (including phenoxy) is 1. The molecule has 0 N–H and O–H groups in total. The first-order chi connectivity index (χ1) is 17.1. The van der Waals surface area contributed by atoms with Crippen molar-refractivity contribution in [3.63, 3.8) is 0 Å². The van der Waals surface area contributed by atoms with Crippen LogP contribution >= 0.6 is 31.9 Å².